The largest absolute Gasteiger partial charge is 0.352 e. The minimum atomic E-state index is -3.86. The lowest BCUT2D eigenvalue weighted by Crippen LogP contribution is -2.43. The van der Waals surface area contributed by atoms with Crippen LogP contribution in [0.25, 0.3) is 0 Å². The molecule has 2 aromatic carbocycles. The number of rotatable bonds is 8. The lowest BCUT2D eigenvalue weighted by Gasteiger charge is -2.25. The van der Waals surface area contributed by atoms with Gasteiger partial charge in [-0.05, 0) is 43.7 Å². The molecule has 0 heterocycles. The summed E-state index contributed by atoms with van der Waals surface area (Å²) in [6.45, 7) is 3.68. The number of sulfonamides is 1. The Hall–Kier alpha value is -1.86. The van der Waals surface area contributed by atoms with Crippen LogP contribution in [-0.2, 0) is 14.8 Å². The molecule has 1 amide bonds. The summed E-state index contributed by atoms with van der Waals surface area (Å²) in [5.74, 6) is -0.328. The third-order valence-corrected chi connectivity index (χ3v) is 6.13. The average Bonchev–Trinajstić information content (AvgIpc) is 2.60. The molecule has 0 aromatic heterocycles. The highest BCUT2D eigenvalue weighted by molar-refractivity contribution is 9.10. The third kappa shape index (κ3) is 5.32. The average molecular weight is 439 g/mol. The maximum absolute atomic E-state index is 13.1. The number of carbonyl (C=O) groups is 1. The highest BCUT2D eigenvalue weighted by atomic mass is 79.9. The van der Waals surface area contributed by atoms with E-state index in [1.165, 1.54) is 12.1 Å². The highest BCUT2D eigenvalue weighted by Gasteiger charge is 2.27. The molecule has 1 atom stereocenters. The summed E-state index contributed by atoms with van der Waals surface area (Å²) in [6, 6.07) is 15.0. The minimum Gasteiger partial charge on any atom is -0.352 e. The van der Waals surface area contributed by atoms with E-state index >= 15 is 0 Å². The van der Waals surface area contributed by atoms with Crippen molar-refractivity contribution >= 4 is 37.5 Å². The summed E-state index contributed by atoms with van der Waals surface area (Å²) in [4.78, 5) is 12.6. The molecule has 0 unspecified atom stereocenters. The molecule has 2 rings (SSSR count). The first-order valence-corrected chi connectivity index (χ1v) is 10.7. The molecule has 0 saturated heterocycles. The van der Waals surface area contributed by atoms with Crippen molar-refractivity contribution < 1.29 is 13.2 Å². The van der Waals surface area contributed by atoms with E-state index < -0.39 is 10.0 Å². The van der Waals surface area contributed by atoms with Crippen molar-refractivity contribution in [3.8, 4) is 0 Å². The number of nitrogens with zero attached hydrogens (tertiary/aromatic N) is 1. The molecule has 140 valence electrons. The molecule has 0 aliphatic carbocycles. The minimum absolute atomic E-state index is 0.00344. The fourth-order valence-electron chi connectivity index (χ4n) is 2.62. The van der Waals surface area contributed by atoms with Gasteiger partial charge in [0, 0.05) is 10.5 Å². The Morgan fingerprint density at radius 3 is 2.46 bits per heavy atom. The summed E-state index contributed by atoms with van der Waals surface area (Å²) in [5.41, 5.74) is 0.432. The quantitative estimate of drug-likeness (QED) is 0.678. The van der Waals surface area contributed by atoms with Crippen LogP contribution >= 0.6 is 15.9 Å². The Labute approximate surface area is 163 Å². The Bertz CT molecular complexity index is 841. The van der Waals surface area contributed by atoms with Crippen LogP contribution < -0.4 is 9.62 Å². The first-order chi connectivity index (χ1) is 12.3. The number of amides is 1. The molecule has 0 radical (unpaired) electrons. The lowest BCUT2D eigenvalue weighted by molar-refractivity contribution is -0.120. The first-order valence-electron chi connectivity index (χ1n) is 8.47. The van der Waals surface area contributed by atoms with Gasteiger partial charge in [0.15, 0.2) is 0 Å². The molecule has 0 spiro atoms. The lowest BCUT2D eigenvalue weighted by atomic mass is 10.2. The second-order valence-electron chi connectivity index (χ2n) is 6.06. The van der Waals surface area contributed by atoms with Crippen molar-refractivity contribution in [3.63, 3.8) is 0 Å². The number of nitrogens with one attached hydrogen (secondary N) is 1. The molecule has 1 N–H and O–H groups in total. The van der Waals surface area contributed by atoms with E-state index in [1.807, 2.05) is 13.8 Å². The zero-order valence-corrected chi connectivity index (χ0v) is 17.3. The molecular weight excluding hydrogens is 416 g/mol. The number of hydrogen-bond acceptors (Lipinski definition) is 3. The molecule has 0 aliphatic heterocycles. The van der Waals surface area contributed by atoms with Gasteiger partial charge in [0.25, 0.3) is 10.0 Å². The van der Waals surface area contributed by atoms with Crippen LogP contribution in [0.4, 0.5) is 5.69 Å². The molecular formula is C19H23BrN2O3S. The molecule has 0 fully saturated rings. The van der Waals surface area contributed by atoms with Crippen LogP contribution in [0, 0.1) is 0 Å². The third-order valence-electron chi connectivity index (χ3n) is 3.84. The van der Waals surface area contributed by atoms with Crippen LogP contribution in [0.3, 0.4) is 0 Å². The zero-order valence-electron chi connectivity index (χ0n) is 14.9. The maximum Gasteiger partial charge on any atom is 0.264 e. The summed E-state index contributed by atoms with van der Waals surface area (Å²) in [7, 11) is -3.86. The van der Waals surface area contributed by atoms with Crippen LogP contribution in [0.2, 0.25) is 0 Å². The smallest absolute Gasteiger partial charge is 0.264 e. The molecule has 26 heavy (non-hydrogen) atoms. The Kier molecular flexibility index (Phi) is 7.23. The zero-order chi connectivity index (χ0) is 19.2. The number of carbonyl (C=O) groups excluding carboxylic acids is 1. The number of halogens is 1. The Morgan fingerprint density at radius 2 is 1.85 bits per heavy atom. The molecule has 0 saturated carbocycles. The summed E-state index contributed by atoms with van der Waals surface area (Å²) in [5, 5.41) is 2.86. The van der Waals surface area contributed by atoms with E-state index in [0.29, 0.717) is 5.69 Å². The van der Waals surface area contributed by atoms with Crippen molar-refractivity contribution in [1.82, 2.24) is 5.32 Å². The summed E-state index contributed by atoms with van der Waals surface area (Å²) in [6.07, 6.45) is 1.78. The van der Waals surface area contributed by atoms with Crippen molar-refractivity contribution in [2.45, 2.75) is 37.6 Å². The van der Waals surface area contributed by atoms with E-state index in [0.717, 1.165) is 21.6 Å². The standard InChI is InChI=1S/C19H23BrN2O3S/c1-3-8-15(2)21-19(23)14-22(17-10-7-9-16(20)13-17)26(24,25)18-11-5-4-6-12-18/h4-7,9-13,15H,3,8,14H2,1-2H3,(H,21,23)/t15-/m1/s1. The molecule has 5 nitrogen and oxygen atoms in total. The van der Waals surface area contributed by atoms with Gasteiger partial charge in [0.1, 0.15) is 6.54 Å². The predicted octanol–water partition coefficient (Wildman–Crippen LogP) is 3.95. The second-order valence-corrected chi connectivity index (χ2v) is 8.84. The van der Waals surface area contributed by atoms with E-state index in [9.17, 15) is 13.2 Å². The molecule has 2 aromatic rings. The van der Waals surface area contributed by atoms with E-state index in [4.69, 9.17) is 0 Å². The van der Waals surface area contributed by atoms with Gasteiger partial charge < -0.3 is 5.32 Å². The predicted molar refractivity (Wildman–Crippen MR) is 108 cm³/mol. The SMILES string of the molecule is CCC[C@@H](C)NC(=O)CN(c1cccc(Br)c1)S(=O)(=O)c1ccccc1. The fraction of sp³-hybridized carbons (Fsp3) is 0.316. The van der Waals surface area contributed by atoms with Gasteiger partial charge in [-0.2, -0.15) is 0 Å². The summed E-state index contributed by atoms with van der Waals surface area (Å²) < 4.78 is 28.1. The van der Waals surface area contributed by atoms with Crippen LogP contribution in [0.1, 0.15) is 26.7 Å². The molecule has 0 bridgehead atoms. The highest BCUT2D eigenvalue weighted by Crippen LogP contribution is 2.26. The molecule has 0 aliphatic rings. The second kappa shape index (κ2) is 9.19. The van der Waals surface area contributed by atoms with E-state index in [-0.39, 0.29) is 23.4 Å². The van der Waals surface area contributed by atoms with Crippen molar-refractivity contribution in [2.75, 3.05) is 10.8 Å². The van der Waals surface area contributed by atoms with E-state index in [2.05, 4.69) is 21.2 Å². The van der Waals surface area contributed by atoms with Crippen molar-refractivity contribution in [2.24, 2.45) is 0 Å². The number of hydrogen-bond donors (Lipinski definition) is 1. The summed E-state index contributed by atoms with van der Waals surface area (Å²) >= 11 is 3.36. The number of anilines is 1. The van der Waals surface area contributed by atoms with Gasteiger partial charge in [-0.25, -0.2) is 8.42 Å². The Morgan fingerprint density at radius 1 is 1.15 bits per heavy atom. The van der Waals surface area contributed by atoms with Gasteiger partial charge >= 0.3 is 0 Å². The first kappa shape index (κ1) is 20.5. The molecule has 7 heteroatoms. The maximum atomic E-state index is 13.1. The van der Waals surface area contributed by atoms with Gasteiger partial charge in [-0.3, -0.25) is 9.10 Å². The number of benzene rings is 2. The van der Waals surface area contributed by atoms with Crippen LogP contribution in [0.15, 0.2) is 64.0 Å². The topological polar surface area (TPSA) is 66.5 Å². The van der Waals surface area contributed by atoms with Gasteiger partial charge in [-0.15, -0.1) is 0 Å². The van der Waals surface area contributed by atoms with Gasteiger partial charge in [0.05, 0.1) is 10.6 Å². The Balaban J connectivity index is 2.36. The van der Waals surface area contributed by atoms with Crippen LogP contribution in [0.5, 0.6) is 0 Å². The van der Waals surface area contributed by atoms with E-state index in [1.54, 1.807) is 42.5 Å². The normalized spacial score (nSPS) is 12.4. The van der Waals surface area contributed by atoms with Crippen LogP contribution in [-0.4, -0.2) is 26.9 Å². The van der Waals surface area contributed by atoms with Crippen molar-refractivity contribution in [3.05, 3.63) is 59.1 Å². The van der Waals surface area contributed by atoms with Crippen molar-refractivity contribution in [1.29, 1.82) is 0 Å². The monoisotopic (exact) mass is 438 g/mol. The van der Waals surface area contributed by atoms with Gasteiger partial charge in [0.2, 0.25) is 5.91 Å². The van der Waals surface area contributed by atoms with Gasteiger partial charge in [-0.1, -0.05) is 53.5 Å². The fourth-order valence-corrected chi connectivity index (χ4v) is 4.44.